The monoisotopic (exact) mass is 281 g/mol. The van der Waals surface area contributed by atoms with Gasteiger partial charge in [-0.05, 0) is 12.5 Å². The molecule has 0 aliphatic rings. The lowest BCUT2D eigenvalue weighted by molar-refractivity contribution is 0.315. The van der Waals surface area contributed by atoms with Gasteiger partial charge in [0.1, 0.15) is 17.3 Å². The molecule has 0 fully saturated rings. The Labute approximate surface area is 119 Å². The summed E-state index contributed by atoms with van der Waals surface area (Å²) in [5, 5.41) is 15.0. The number of nitrogens with zero attached hydrogens (tertiary/aromatic N) is 1. The molecule has 1 aromatic rings. The van der Waals surface area contributed by atoms with Crippen LogP contribution in [0, 0.1) is 0 Å². The molecule has 1 unspecified atom stereocenters. The molecule has 0 amide bonds. The van der Waals surface area contributed by atoms with E-state index in [0.29, 0.717) is 13.0 Å². The first kappa shape index (κ1) is 16.1. The van der Waals surface area contributed by atoms with E-state index < -0.39 is 0 Å². The van der Waals surface area contributed by atoms with Crippen molar-refractivity contribution in [3.63, 3.8) is 0 Å². The molecule has 0 saturated heterocycles. The fourth-order valence-electron chi connectivity index (χ4n) is 1.91. The average Bonchev–Trinajstić information content (AvgIpc) is 2.50. The van der Waals surface area contributed by atoms with Crippen LogP contribution >= 0.6 is 0 Å². The van der Waals surface area contributed by atoms with Gasteiger partial charge in [-0.15, -0.1) is 0 Å². The highest BCUT2D eigenvalue weighted by molar-refractivity contribution is 5.80. The quantitative estimate of drug-likeness (QED) is 0.292. The van der Waals surface area contributed by atoms with Crippen LogP contribution in [-0.4, -0.2) is 31.3 Å². The molecule has 1 aromatic carbocycles. The number of nitrogens with two attached hydrogens (primary N) is 1. The van der Waals surface area contributed by atoms with Crippen LogP contribution in [0.2, 0.25) is 0 Å². The van der Waals surface area contributed by atoms with Crippen molar-refractivity contribution in [2.45, 2.75) is 32.4 Å². The number of nitrogens with one attached hydrogen (secondary N) is 1. The van der Waals surface area contributed by atoms with Gasteiger partial charge in [0, 0.05) is 30.6 Å². The smallest absolute Gasteiger partial charge is 0.140 e. The molecule has 6 nitrogen and oxygen atoms in total. The summed E-state index contributed by atoms with van der Waals surface area (Å²) in [6.07, 6.45) is 1.39. The second-order valence-corrected chi connectivity index (χ2v) is 4.46. The largest absolute Gasteiger partial charge is 0.497 e. The van der Waals surface area contributed by atoms with E-state index in [1.54, 1.807) is 14.2 Å². The molecule has 4 N–H and O–H groups in total. The predicted molar refractivity (Wildman–Crippen MR) is 78.5 cm³/mol. The van der Waals surface area contributed by atoms with Crippen LogP contribution in [0.25, 0.3) is 0 Å². The summed E-state index contributed by atoms with van der Waals surface area (Å²) in [5.41, 5.74) is 6.56. The zero-order chi connectivity index (χ0) is 15.0. The molecule has 0 aromatic heterocycles. The van der Waals surface area contributed by atoms with Gasteiger partial charge < -0.3 is 25.7 Å². The van der Waals surface area contributed by atoms with Crippen LogP contribution in [0.15, 0.2) is 23.4 Å². The van der Waals surface area contributed by atoms with Gasteiger partial charge in [0.05, 0.1) is 14.2 Å². The highest BCUT2D eigenvalue weighted by atomic mass is 16.5. The van der Waals surface area contributed by atoms with Gasteiger partial charge in [-0.3, -0.25) is 0 Å². The van der Waals surface area contributed by atoms with Gasteiger partial charge in [0.2, 0.25) is 0 Å². The van der Waals surface area contributed by atoms with Gasteiger partial charge >= 0.3 is 0 Å². The molecule has 0 aliphatic heterocycles. The van der Waals surface area contributed by atoms with Crippen LogP contribution < -0.4 is 20.5 Å². The fraction of sp³-hybridized carbons (Fsp3) is 0.500. The highest BCUT2D eigenvalue weighted by Gasteiger charge is 2.11. The van der Waals surface area contributed by atoms with E-state index in [2.05, 4.69) is 10.5 Å². The Bertz CT molecular complexity index is 449. The van der Waals surface area contributed by atoms with Crippen molar-refractivity contribution in [3.8, 4) is 11.5 Å². The van der Waals surface area contributed by atoms with Gasteiger partial charge in [-0.1, -0.05) is 18.1 Å². The standard InChI is InChI=1S/C14H23N3O3/c1-4-11(7-14(15)17-18)16-9-10-5-6-12(19-2)8-13(10)20-3/h5-6,8,11,16,18H,4,7,9H2,1-3H3,(H2,15,17). The van der Waals surface area contributed by atoms with E-state index in [4.69, 9.17) is 20.4 Å². The summed E-state index contributed by atoms with van der Waals surface area (Å²) in [5.74, 6) is 1.76. The molecule has 112 valence electrons. The first-order valence-electron chi connectivity index (χ1n) is 6.55. The van der Waals surface area contributed by atoms with Crippen molar-refractivity contribution in [2.75, 3.05) is 14.2 Å². The Morgan fingerprint density at radius 1 is 1.40 bits per heavy atom. The molecule has 0 radical (unpaired) electrons. The second-order valence-electron chi connectivity index (χ2n) is 4.46. The average molecular weight is 281 g/mol. The molecule has 20 heavy (non-hydrogen) atoms. The zero-order valence-corrected chi connectivity index (χ0v) is 12.2. The van der Waals surface area contributed by atoms with E-state index in [0.717, 1.165) is 23.5 Å². The number of hydrogen-bond donors (Lipinski definition) is 3. The lowest BCUT2D eigenvalue weighted by Crippen LogP contribution is -2.32. The number of oxime groups is 1. The van der Waals surface area contributed by atoms with E-state index in [-0.39, 0.29) is 11.9 Å². The molecule has 1 atom stereocenters. The second kappa shape index (κ2) is 8.27. The normalized spacial score (nSPS) is 13.1. The molecular formula is C14H23N3O3. The number of ether oxygens (including phenoxy) is 2. The minimum Gasteiger partial charge on any atom is -0.497 e. The zero-order valence-electron chi connectivity index (χ0n) is 12.2. The van der Waals surface area contributed by atoms with Crippen LogP contribution in [0.5, 0.6) is 11.5 Å². The summed E-state index contributed by atoms with van der Waals surface area (Å²) in [6, 6.07) is 5.85. The van der Waals surface area contributed by atoms with Gasteiger partial charge in [-0.2, -0.15) is 0 Å². The first-order chi connectivity index (χ1) is 9.64. The van der Waals surface area contributed by atoms with E-state index in [9.17, 15) is 0 Å². The van der Waals surface area contributed by atoms with Crippen molar-refractivity contribution in [2.24, 2.45) is 10.9 Å². The molecule has 0 aliphatic carbocycles. The van der Waals surface area contributed by atoms with Crippen LogP contribution in [0.1, 0.15) is 25.3 Å². The Kier molecular flexibility index (Phi) is 6.66. The third-order valence-electron chi connectivity index (χ3n) is 3.15. The molecule has 0 spiro atoms. The maximum Gasteiger partial charge on any atom is 0.140 e. The molecule has 0 bridgehead atoms. The van der Waals surface area contributed by atoms with Gasteiger partial charge in [-0.25, -0.2) is 0 Å². The van der Waals surface area contributed by atoms with Crippen molar-refractivity contribution in [1.82, 2.24) is 5.32 Å². The van der Waals surface area contributed by atoms with Crippen LogP contribution in [0.3, 0.4) is 0 Å². The topological polar surface area (TPSA) is 89.1 Å². The van der Waals surface area contributed by atoms with Crippen molar-refractivity contribution in [1.29, 1.82) is 0 Å². The van der Waals surface area contributed by atoms with Crippen molar-refractivity contribution >= 4 is 5.84 Å². The lowest BCUT2D eigenvalue weighted by atomic mass is 10.1. The van der Waals surface area contributed by atoms with Crippen molar-refractivity contribution < 1.29 is 14.7 Å². The summed E-state index contributed by atoms with van der Waals surface area (Å²) in [6.45, 7) is 2.69. The Balaban J connectivity index is 2.68. The Morgan fingerprint density at radius 3 is 2.70 bits per heavy atom. The summed E-state index contributed by atoms with van der Waals surface area (Å²) in [7, 11) is 3.25. The third kappa shape index (κ3) is 4.62. The van der Waals surface area contributed by atoms with E-state index in [1.807, 2.05) is 25.1 Å². The number of amidine groups is 1. The minimum atomic E-state index is 0.151. The Morgan fingerprint density at radius 2 is 2.15 bits per heavy atom. The molecule has 6 heteroatoms. The highest BCUT2D eigenvalue weighted by Crippen LogP contribution is 2.24. The minimum absolute atomic E-state index is 0.151. The number of rotatable bonds is 8. The Hall–Kier alpha value is -1.95. The fourth-order valence-corrected chi connectivity index (χ4v) is 1.91. The number of benzene rings is 1. The van der Waals surface area contributed by atoms with Crippen LogP contribution in [0.4, 0.5) is 0 Å². The SMILES string of the molecule is CCC(CC(N)=NO)NCc1ccc(OC)cc1OC. The molecule has 0 heterocycles. The summed E-state index contributed by atoms with van der Waals surface area (Å²) in [4.78, 5) is 0. The van der Waals surface area contributed by atoms with Gasteiger partial charge in [0.15, 0.2) is 0 Å². The predicted octanol–water partition coefficient (Wildman–Crippen LogP) is 1.71. The van der Waals surface area contributed by atoms with Gasteiger partial charge in [0.25, 0.3) is 0 Å². The molecular weight excluding hydrogens is 258 g/mol. The maximum atomic E-state index is 8.61. The molecule has 0 saturated carbocycles. The summed E-state index contributed by atoms with van der Waals surface area (Å²) < 4.78 is 10.5. The number of methoxy groups -OCH3 is 2. The van der Waals surface area contributed by atoms with E-state index in [1.165, 1.54) is 0 Å². The third-order valence-corrected chi connectivity index (χ3v) is 3.15. The van der Waals surface area contributed by atoms with E-state index >= 15 is 0 Å². The first-order valence-corrected chi connectivity index (χ1v) is 6.55. The van der Waals surface area contributed by atoms with Crippen LogP contribution in [-0.2, 0) is 6.54 Å². The summed E-state index contributed by atoms with van der Waals surface area (Å²) >= 11 is 0. The van der Waals surface area contributed by atoms with Crippen molar-refractivity contribution in [3.05, 3.63) is 23.8 Å². The number of hydrogen-bond acceptors (Lipinski definition) is 5. The lowest BCUT2D eigenvalue weighted by Gasteiger charge is -2.17. The maximum absolute atomic E-state index is 8.61. The molecule has 1 rings (SSSR count).